The molecule has 100 valence electrons. The molecule has 0 fully saturated rings. The summed E-state index contributed by atoms with van der Waals surface area (Å²) in [5.41, 5.74) is 7.32. The minimum Gasteiger partial charge on any atom is -0.464 e. The van der Waals surface area contributed by atoms with E-state index in [9.17, 15) is 4.79 Å². The van der Waals surface area contributed by atoms with Crippen molar-refractivity contribution in [2.75, 3.05) is 18.2 Å². The summed E-state index contributed by atoms with van der Waals surface area (Å²) in [4.78, 5) is 15.5. The van der Waals surface area contributed by atoms with E-state index in [1.807, 2.05) is 19.3 Å². The summed E-state index contributed by atoms with van der Waals surface area (Å²) in [6.07, 6.45) is 1.85. The third-order valence-electron chi connectivity index (χ3n) is 2.53. The van der Waals surface area contributed by atoms with Crippen LogP contribution in [0, 0.1) is 0 Å². The average Bonchev–Trinajstić information content (AvgIpc) is 2.82. The van der Waals surface area contributed by atoms with Gasteiger partial charge in [0.15, 0.2) is 11.5 Å². The molecule has 2 rings (SSSR count). The summed E-state index contributed by atoms with van der Waals surface area (Å²) >= 11 is 0. The molecule has 7 heteroatoms. The maximum Gasteiger partial charge on any atom is 0.356 e. The second-order valence-corrected chi connectivity index (χ2v) is 3.96. The molecule has 3 N–H and O–H groups in total. The SMILES string of the molecule is COC(=O)c1ccc(N)c(NCc2ccn(C)n2)n1. The highest BCUT2D eigenvalue weighted by Crippen LogP contribution is 2.16. The maximum atomic E-state index is 11.4. The van der Waals surface area contributed by atoms with Gasteiger partial charge in [0, 0.05) is 13.2 Å². The molecule has 0 spiro atoms. The summed E-state index contributed by atoms with van der Waals surface area (Å²) in [5, 5.41) is 7.27. The van der Waals surface area contributed by atoms with Crippen molar-refractivity contribution < 1.29 is 9.53 Å². The zero-order chi connectivity index (χ0) is 13.8. The third-order valence-corrected chi connectivity index (χ3v) is 2.53. The highest BCUT2D eigenvalue weighted by Gasteiger charge is 2.10. The molecule has 0 amide bonds. The van der Waals surface area contributed by atoms with Crippen LogP contribution in [-0.4, -0.2) is 27.8 Å². The number of ether oxygens (including phenoxy) is 1. The number of nitrogens with zero attached hydrogens (tertiary/aromatic N) is 3. The summed E-state index contributed by atoms with van der Waals surface area (Å²) in [6, 6.07) is 5.01. The predicted molar refractivity (Wildman–Crippen MR) is 70.5 cm³/mol. The van der Waals surface area contributed by atoms with Crippen LogP contribution < -0.4 is 11.1 Å². The fourth-order valence-electron chi connectivity index (χ4n) is 1.56. The van der Waals surface area contributed by atoms with E-state index in [0.717, 1.165) is 5.69 Å². The number of aromatic nitrogens is 3. The van der Waals surface area contributed by atoms with E-state index in [2.05, 4.69) is 20.1 Å². The number of hydrogen-bond acceptors (Lipinski definition) is 6. The Balaban J connectivity index is 2.12. The number of carbonyl (C=O) groups excluding carboxylic acids is 1. The molecular weight excluding hydrogens is 246 g/mol. The lowest BCUT2D eigenvalue weighted by Gasteiger charge is -2.08. The van der Waals surface area contributed by atoms with Gasteiger partial charge in [-0.05, 0) is 18.2 Å². The topological polar surface area (TPSA) is 95.1 Å². The number of aryl methyl sites for hydroxylation is 1. The lowest BCUT2D eigenvalue weighted by Crippen LogP contribution is -2.10. The smallest absolute Gasteiger partial charge is 0.356 e. The van der Waals surface area contributed by atoms with Crippen molar-refractivity contribution in [3.63, 3.8) is 0 Å². The van der Waals surface area contributed by atoms with Gasteiger partial charge in [0.25, 0.3) is 0 Å². The van der Waals surface area contributed by atoms with Crippen molar-refractivity contribution in [3.05, 3.63) is 35.8 Å². The number of methoxy groups -OCH3 is 1. The summed E-state index contributed by atoms with van der Waals surface area (Å²) in [5.74, 6) is -0.0607. The fraction of sp³-hybridized carbons (Fsp3) is 0.250. The Morgan fingerprint density at radius 3 is 2.89 bits per heavy atom. The number of rotatable bonds is 4. The van der Waals surface area contributed by atoms with Gasteiger partial charge in [0.2, 0.25) is 0 Å². The van der Waals surface area contributed by atoms with Crippen molar-refractivity contribution in [1.82, 2.24) is 14.8 Å². The highest BCUT2D eigenvalue weighted by molar-refractivity contribution is 5.88. The van der Waals surface area contributed by atoms with Crippen LogP contribution in [0.5, 0.6) is 0 Å². The van der Waals surface area contributed by atoms with Crippen LogP contribution in [0.15, 0.2) is 24.4 Å². The first-order chi connectivity index (χ1) is 9.10. The van der Waals surface area contributed by atoms with E-state index in [1.165, 1.54) is 13.2 Å². The average molecular weight is 261 g/mol. The Bertz CT molecular complexity index is 594. The molecule has 0 radical (unpaired) electrons. The lowest BCUT2D eigenvalue weighted by molar-refractivity contribution is 0.0594. The first-order valence-electron chi connectivity index (χ1n) is 5.67. The van der Waals surface area contributed by atoms with E-state index in [4.69, 9.17) is 5.73 Å². The normalized spacial score (nSPS) is 10.2. The Morgan fingerprint density at radius 1 is 1.47 bits per heavy atom. The van der Waals surface area contributed by atoms with Crippen molar-refractivity contribution in [1.29, 1.82) is 0 Å². The van der Waals surface area contributed by atoms with Crippen LogP contribution >= 0.6 is 0 Å². The first-order valence-corrected chi connectivity index (χ1v) is 5.67. The van der Waals surface area contributed by atoms with Crippen LogP contribution in [0.25, 0.3) is 0 Å². The van der Waals surface area contributed by atoms with Crippen LogP contribution in [-0.2, 0) is 18.3 Å². The van der Waals surface area contributed by atoms with E-state index in [-0.39, 0.29) is 5.69 Å². The number of nitrogens with one attached hydrogen (secondary N) is 1. The second kappa shape index (κ2) is 5.38. The van der Waals surface area contributed by atoms with Gasteiger partial charge < -0.3 is 15.8 Å². The van der Waals surface area contributed by atoms with Crippen LogP contribution in [0.1, 0.15) is 16.2 Å². The zero-order valence-electron chi connectivity index (χ0n) is 10.8. The van der Waals surface area contributed by atoms with Crippen molar-refractivity contribution in [3.8, 4) is 0 Å². The third kappa shape index (κ3) is 3.01. The Hall–Kier alpha value is -2.57. The predicted octanol–water partition coefficient (Wildman–Crippen LogP) is 0.796. The molecule has 7 nitrogen and oxygen atoms in total. The Labute approximate surface area is 110 Å². The molecule has 0 aliphatic rings. The van der Waals surface area contributed by atoms with Gasteiger partial charge in [0.05, 0.1) is 25.0 Å². The van der Waals surface area contributed by atoms with Crippen LogP contribution in [0.3, 0.4) is 0 Å². The van der Waals surface area contributed by atoms with Crippen molar-refractivity contribution >= 4 is 17.5 Å². The van der Waals surface area contributed by atoms with Crippen LogP contribution in [0.2, 0.25) is 0 Å². The molecule has 0 aliphatic heterocycles. The number of hydrogen-bond donors (Lipinski definition) is 2. The molecule has 0 unspecified atom stereocenters. The molecule has 0 atom stereocenters. The molecule has 0 saturated carbocycles. The molecule has 0 bridgehead atoms. The summed E-state index contributed by atoms with van der Waals surface area (Å²) in [7, 11) is 3.15. The lowest BCUT2D eigenvalue weighted by atomic mass is 10.3. The van der Waals surface area contributed by atoms with Gasteiger partial charge in [-0.25, -0.2) is 9.78 Å². The molecule has 2 aromatic rings. The van der Waals surface area contributed by atoms with Crippen molar-refractivity contribution in [2.24, 2.45) is 7.05 Å². The van der Waals surface area contributed by atoms with Gasteiger partial charge in [0.1, 0.15) is 0 Å². The molecule has 0 aliphatic carbocycles. The number of pyridine rings is 1. The highest BCUT2D eigenvalue weighted by atomic mass is 16.5. The number of anilines is 2. The quantitative estimate of drug-likeness (QED) is 0.790. The standard InChI is InChI=1S/C12H15N5O2/c1-17-6-5-8(16-17)7-14-11-9(13)3-4-10(15-11)12(18)19-2/h3-6H,7,13H2,1-2H3,(H,14,15). The van der Waals surface area contributed by atoms with E-state index >= 15 is 0 Å². The minimum atomic E-state index is -0.499. The minimum absolute atomic E-state index is 0.209. The van der Waals surface area contributed by atoms with E-state index < -0.39 is 5.97 Å². The molecule has 19 heavy (non-hydrogen) atoms. The van der Waals surface area contributed by atoms with Crippen LogP contribution in [0.4, 0.5) is 11.5 Å². The summed E-state index contributed by atoms with van der Waals surface area (Å²) in [6.45, 7) is 0.475. The number of esters is 1. The molecule has 2 heterocycles. The Morgan fingerprint density at radius 2 is 2.26 bits per heavy atom. The largest absolute Gasteiger partial charge is 0.464 e. The second-order valence-electron chi connectivity index (χ2n) is 3.96. The first kappa shape index (κ1) is 12.9. The van der Waals surface area contributed by atoms with Gasteiger partial charge >= 0.3 is 5.97 Å². The molecule has 0 aromatic carbocycles. The van der Waals surface area contributed by atoms with E-state index in [0.29, 0.717) is 18.1 Å². The monoisotopic (exact) mass is 261 g/mol. The fourth-order valence-corrected chi connectivity index (χ4v) is 1.56. The molecule has 0 saturated heterocycles. The van der Waals surface area contributed by atoms with Gasteiger partial charge in [-0.2, -0.15) is 5.10 Å². The molecular formula is C12H15N5O2. The van der Waals surface area contributed by atoms with Crippen molar-refractivity contribution in [2.45, 2.75) is 6.54 Å². The zero-order valence-corrected chi connectivity index (χ0v) is 10.8. The Kier molecular flexibility index (Phi) is 3.65. The molecule has 2 aromatic heterocycles. The van der Waals surface area contributed by atoms with Gasteiger partial charge in [-0.15, -0.1) is 0 Å². The number of nitrogen functional groups attached to an aromatic ring is 1. The van der Waals surface area contributed by atoms with Gasteiger partial charge in [-0.1, -0.05) is 0 Å². The maximum absolute atomic E-state index is 11.4. The summed E-state index contributed by atoms with van der Waals surface area (Å²) < 4.78 is 6.32. The van der Waals surface area contributed by atoms with E-state index in [1.54, 1.807) is 10.7 Å². The van der Waals surface area contributed by atoms with Gasteiger partial charge in [-0.3, -0.25) is 4.68 Å². The number of carbonyl (C=O) groups is 1. The number of nitrogens with two attached hydrogens (primary N) is 1.